The van der Waals surface area contributed by atoms with E-state index in [1.54, 1.807) is 14.2 Å². The number of piperidine rings is 1. The zero-order chi connectivity index (χ0) is 21.0. The van der Waals surface area contributed by atoms with Crippen molar-refractivity contribution in [1.82, 2.24) is 25.0 Å². The van der Waals surface area contributed by atoms with Gasteiger partial charge in [-0.05, 0) is 55.5 Å². The standard InChI is InChI=1S/C22H31N5O3/c1-29-13-10-23-21(28)20-25-24-19-6-7-22(16-27(19)20)8-11-26(12-9-22)15-17-4-3-5-18(14-17)30-2/h3-5,14H,6-13,15-16H2,1-2H3,(H,23,28). The fraction of sp³-hybridized carbons (Fsp3) is 0.591. The van der Waals surface area contributed by atoms with Crippen LogP contribution in [0.3, 0.4) is 0 Å². The lowest BCUT2D eigenvalue weighted by molar-refractivity contribution is 0.0617. The van der Waals surface area contributed by atoms with E-state index in [1.165, 1.54) is 5.56 Å². The number of aromatic nitrogens is 3. The molecule has 1 N–H and O–H groups in total. The number of ether oxygens (including phenoxy) is 2. The predicted octanol–water partition coefficient (Wildman–Crippen LogP) is 1.89. The first kappa shape index (κ1) is 20.8. The number of benzene rings is 1. The summed E-state index contributed by atoms with van der Waals surface area (Å²) in [6.45, 7) is 4.85. The van der Waals surface area contributed by atoms with Crippen molar-refractivity contribution in [3.63, 3.8) is 0 Å². The highest BCUT2D eigenvalue weighted by Gasteiger charge is 2.39. The number of rotatable bonds is 7. The van der Waals surface area contributed by atoms with Crippen molar-refractivity contribution in [3.8, 4) is 5.75 Å². The molecule has 0 aliphatic carbocycles. The number of carbonyl (C=O) groups is 1. The van der Waals surface area contributed by atoms with Gasteiger partial charge in [-0.25, -0.2) is 0 Å². The van der Waals surface area contributed by atoms with Crippen molar-refractivity contribution in [2.24, 2.45) is 5.41 Å². The van der Waals surface area contributed by atoms with Crippen molar-refractivity contribution >= 4 is 5.91 Å². The molecule has 0 atom stereocenters. The first-order valence-corrected chi connectivity index (χ1v) is 10.7. The minimum Gasteiger partial charge on any atom is -0.497 e. The van der Waals surface area contributed by atoms with Crippen LogP contribution in [-0.4, -0.2) is 66.0 Å². The summed E-state index contributed by atoms with van der Waals surface area (Å²) < 4.78 is 12.4. The van der Waals surface area contributed by atoms with E-state index in [9.17, 15) is 4.79 Å². The van der Waals surface area contributed by atoms with Gasteiger partial charge in [0.15, 0.2) is 0 Å². The third kappa shape index (κ3) is 4.49. The highest BCUT2D eigenvalue weighted by atomic mass is 16.5. The van der Waals surface area contributed by atoms with Gasteiger partial charge < -0.3 is 19.4 Å². The predicted molar refractivity (Wildman–Crippen MR) is 112 cm³/mol. The highest BCUT2D eigenvalue weighted by Crippen LogP contribution is 2.41. The van der Waals surface area contributed by atoms with Gasteiger partial charge in [-0.2, -0.15) is 0 Å². The number of aryl methyl sites for hydroxylation is 1. The second-order valence-electron chi connectivity index (χ2n) is 8.40. The molecule has 162 valence electrons. The number of methoxy groups -OCH3 is 2. The van der Waals surface area contributed by atoms with Gasteiger partial charge in [0.2, 0.25) is 5.82 Å². The second-order valence-corrected chi connectivity index (χ2v) is 8.40. The van der Waals surface area contributed by atoms with Gasteiger partial charge in [0.1, 0.15) is 11.6 Å². The van der Waals surface area contributed by atoms with E-state index < -0.39 is 0 Å². The lowest BCUT2D eigenvalue weighted by Crippen LogP contribution is -2.45. The Balaban J connectivity index is 1.37. The molecule has 30 heavy (non-hydrogen) atoms. The zero-order valence-corrected chi connectivity index (χ0v) is 17.9. The van der Waals surface area contributed by atoms with Crippen LogP contribution >= 0.6 is 0 Å². The van der Waals surface area contributed by atoms with Crippen molar-refractivity contribution in [2.45, 2.75) is 38.8 Å². The first-order valence-electron chi connectivity index (χ1n) is 10.7. The number of nitrogens with zero attached hydrogens (tertiary/aromatic N) is 4. The maximum Gasteiger partial charge on any atom is 0.289 e. The smallest absolute Gasteiger partial charge is 0.289 e. The molecule has 1 aromatic carbocycles. The minimum atomic E-state index is -0.168. The molecule has 1 amide bonds. The van der Waals surface area contributed by atoms with Crippen molar-refractivity contribution in [1.29, 1.82) is 0 Å². The third-order valence-corrected chi connectivity index (χ3v) is 6.45. The molecular formula is C22H31N5O3. The van der Waals surface area contributed by atoms with Gasteiger partial charge in [0.25, 0.3) is 5.91 Å². The zero-order valence-electron chi connectivity index (χ0n) is 17.9. The van der Waals surface area contributed by atoms with Crippen LogP contribution in [0, 0.1) is 5.41 Å². The van der Waals surface area contributed by atoms with E-state index in [-0.39, 0.29) is 11.3 Å². The van der Waals surface area contributed by atoms with E-state index in [4.69, 9.17) is 9.47 Å². The molecule has 3 heterocycles. The Bertz CT molecular complexity index is 873. The maximum absolute atomic E-state index is 12.5. The quantitative estimate of drug-likeness (QED) is 0.698. The van der Waals surface area contributed by atoms with Crippen molar-refractivity contribution < 1.29 is 14.3 Å². The minimum absolute atomic E-state index is 0.168. The second kappa shape index (κ2) is 9.14. The number of carbonyl (C=O) groups excluding carboxylic acids is 1. The van der Waals surface area contributed by atoms with Crippen LogP contribution in [0.1, 0.15) is 41.3 Å². The highest BCUT2D eigenvalue weighted by molar-refractivity contribution is 5.90. The first-order chi connectivity index (χ1) is 14.6. The summed E-state index contributed by atoms with van der Waals surface area (Å²) >= 11 is 0. The van der Waals surface area contributed by atoms with Gasteiger partial charge in [-0.1, -0.05) is 12.1 Å². The third-order valence-electron chi connectivity index (χ3n) is 6.45. The summed E-state index contributed by atoms with van der Waals surface area (Å²) in [4.78, 5) is 15.0. The number of likely N-dealkylation sites (tertiary alicyclic amines) is 1. The molecule has 8 heteroatoms. The van der Waals surface area contributed by atoms with Gasteiger partial charge >= 0.3 is 0 Å². The summed E-state index contributed by atoms with van der Waals surface area (Å²) in [5.74, 6) is 2.10. The average molecular weight is 414 g/mol. The van der Waals surface area contributed by atoms with Crippen LogP contribution in [0.25, 0.3) is 0 Å². The maximum atomic E-state index is 12.5. The molecule has 0 radical (unpaired) electrons. The van der Waals surface area contributed by atoms with Crippen LogP contribution in [0.15, 0.2) is 24.3 Å². The number of nitrogens with one attached hydrogen (secondary N) is 1. The van der Waals surface area contributed by atoms with E-state index in [2.05, 4.69) is 32.5 Å². The van der Waals surface area contributed by atoms with Crippen LogP contribution < -0.4 is 10.1 Å². The topological polar surface area (TPSA) is 81.5 Å². The van der Waals surface area contributed by atoms with E-state index in [1.807, 2.05) is 16.7 Å². The molecule has 8 nitrogen and oxygen atoms in total. The molecule has 2 aliphatic rings. The Labute approximate surface area is 177 Å². The largest absolute Gasteiger partial charge is 0.497 e. The molecule has 1 aromatic heterocycles. The number of fused-ring (bicyclic) bond motifs is 1. The molecule has 1 fully saturated rings. The molecule has 1 spiro atoms. The summed E-state index contributed by atoms with van der Waals surface area (Å²) in [5.41, 5.74) is 1.51. The van der Waals surface area contributed by atoms with Crippen LogP contribution in [-0.2, 0) is 24.2 Å². The summed E-state index contributed by atoms with van der Waals surface area (Å²) in [6.07, 6.45) is 4.25. The van der Waals surface area contributed by atoms with Gasteiger partial charge in [-0.3, -0.25) is 9.69 Å². The van der Waals surface area contributed by atoms with E-state index >= 15 is 0 Å². The Morgan fingerprint density at radius 3 is 2.80 bits per heavy atom. The van der Waals surface area contributed by atoms with Crippen LogP contribution in [0.5, 0.6) is 5.75 Å². The monoisotopic (exact) mass is 413 g/mol. The number of hydrogen-bond donors (Lipinski definition) is 1. The molecule has 0 saturated carbocycles. The van der Waals surface area contributed by atoms with Crippen LogP contribution in [0.2, 0.25) is 0 Å². The van der Waals surface area contributed by atoms with E-state index in [0.717, 1.165) is 63.4 Å². The fourth-order valence-electron chi connectivity index (χ4n) is 4.61. The fourth-order valence-corrected chi connectivity index (χ4v) is 4.61. The van der Waals surface area contributed by atoms with Gasteiger partial charge in [0, 0.05) is 33.2 Å². The SMILES string of the molecule is COCCNC(=O)c1nnc2n1CC1(CC2)CCN(Cc2cccc(OC)c2)CC1. The van der Waals surface area contributed by atoms with E-state index in [0.29, 0.717) is 19.0 Å². The number of amides is 1. The normalized spacial score (nSPS) is 18.2. The lowest BCUT2D eigenvalue weighted by atomic mass is 9.73. The van der Waals surface area contributed by atoms with Crippen molar-refractivity contribution in [3.05, 3.63) is 41.5 Å². The Hall–Kier alpha value is -2.45. The Kier molecular flexibility index (Phi) is 6.34. The summed E-state index contributed by atoms with van der Waals surface area (Å²) in [7, 11) is 3.33. The molecule has 2 aliphatic heterocycles. The molecule has 1 saturated heterocycles. The van der Waals surface area contributed by atoms with Gasteiger partial charge in [-0.15, -0.1) is 10.2 Å². The van der Waals surface area contributed by atoms with Crippen molar-refractivity contribution in [2.75, 3.05) is 40.5 Å². The lowest BCUT2D eigenvalue weighted by Gasteiger charge is -2.44. The molecule has 0 unspecified atom stereocenters. The molecule has 4 rings (SSSR count). The van der Waals surface area contributed by atoms with Gasteiger partial charge in [0.05, 0.1) is 13.7 Å². The Morgan fingerprint density at radius 1 is 1.20 bits per heavy atom. The average Bonchev–Trinajstić information content (AvgIpc) is 3.19. The van der Waals surface area contributed by atoms with Crippen LogP contribution in [0.4, 0.5) is 0 Å². The molecule has 2 aromatic rings. The molecular weight excluding hydrogens is 382 g/mol. The summed E-state index contributed by atoms with van der Waals surface area (Å²) in [5, 5.41) is 11.3. The Morgan fingerprint density at radius 2 is 2.03 bits per heavy atom. The summed E-state index contributed by atoms with van der Waals surface area (Å²) in [6, 6.07) is 8.30. The number of hydrogen-bond acceptors (Lipinski definition) is 6. The molecule has 0 bridgehead atoms.